The highest BCUT2D eigenvalue weighted by atomic mass is 16.5. The Bertz CT molecular complexity index is 1040. The number of nitrogens with zero attached hydrogens (tertiary/aromatic N) is 3. The van der Waals surface area contributed by atoms with Crippen molar-refractivity contribution in [2.24, 2.45) is 5.92 Å². The lowest BCUT2D eigenvalue weighted by atomic mass is 10.1. The molecule has 0 aliphatic carbocycles. The van der Waals surface area contributed by atoms with Gasteiger partial charge in [-0.3, -0.25) is 4.79 Å². The summed E-state index contributed by atoms with van der Waals surface area (Å²) in [5.41, 5.74) is 3.62. The maximum Gasteiger partial charge on any atom is 0.254 e. The van der Waals surface area contributed by atoms with Crippen molar-refractivity contribution in [2.75, 3.05) is 13.7 Å². The molecule has 0 N–H and O–H groups in total. The lowest BCUT2D eigenvalue weighted by molar-refractivity contribution is 0.0729. The molecule has 5 heteroatoms. The van der Waals surface area contributed by atoms with E-state index in [1.807, 2.05) is 54.3 Å². The van der Waals surface area contributed by atoms with E-state index in [-0.39, 0.29) is 5.91 Å². The number of ether oxygens (including phenoxy) is 1. The van der Waals surface area contributed by atoms with Gasteiger partial charge in [0.05, 0.1) is 24.7 Å². The Morgan fingerprint density at radius 2 is 2.03 bits per heavy atom. The first-order valence-corrected chi connectivity index (χ1v) is 10.4. The van der Waals surface area contributed by atoms with E-state index in [0.29, 0.717) is 31.1 Å². The molecule has 1 heterocycles. The quantitative estimate of drug-likeness (QED) is 0.458. The van der Waals surface area contributed by atoms with Crippen molar-refractivity contribution in [1.29, 1.82) is 0 Å². The van der Waals surface area contributed by atoms with E-state index >= 15 is 0 Å². The van der Waals surface area contributed by atoms with Crippen molar-refractivity contribution >= 4 is 16.9 Å². The van der Waals surface area contributed by atoms with E-state index in [4.69, 9.17) is 9.72 Å². The zero-order chi connectivity index (χ0) is 21.7. The summed E-state index contributed by atoms with van der Waals surface area (Å²) in [7, 11) is 1.64. The molecule has 0 aliphatic rings. The van der Waals surface area contributed by atoms with E-state index in [1.54, 1.807) is 7.11 Å². The Kier molecular flexibility index (Phi) is 6.93. The molecule has 5 nitrogen and oxygen atoms in total. The fraction of sp³-hybridized carbons (Fsp3) is 0.360. The molecule has 158 valence electrons. The molecule has 0 spiro atoms. The van der Waals surface area contributed by atoms with Crippen LogP contribution in [0.25, 0.3) is 11.0 Å². The van der Waals surface area contributed by atoms with Gasteiger partial charge < -0.3 is 14.2 Å². The molecule has 0 fully saturated rings. The number of imidazole rings is 1. The van der Waals surface area contributed by atoms with Gasteiger partial charge in [-0.05, 0) is 55.2 Å². The summed E-state index contributed by atoms with van der Waals surface area (Å²) in [6, 6.07) is 13.7. The SMILES string of the molecule is C=CCn1c(CN(CCC(C)C)C(=O)c2ccc(OC)c(C)c2)nc2ccccc21. The summed E-state index contributed by atoms with van der Waals surface area (Å²) in [5.74, 6) is 2.18. The Balaban J connectivity index is 1.95. The van der Waals surface area contributed by atoms with Crippen molar-refractivity contribution in [2.45, 2.75) is 40.3 Å². The number of carbonyl (C=O) groups is 1. The van der Waals surface area contributed by atoms with Gasteiger partial charge >= 0.3 is 0 Å². The predicted octanol–water partition coefficient (Wildman–Crippen LogP) is 5.23. The molecule has 1 aromatic heterocycles. The zero-order valence-electron chi connectivity index (χ0n) is 18.4. The van der Waals surface area contributed by atoms with Gasteiger partial charge in [0, 0.05) is 18.7 Å². The largest absolute Gasteiger partial charge is 0.496 e. The first kappa shape index (κ1) is 21.6. The average molecular weight is 406 g/mol. The second-order valence-electron chi connectivity index (χ2n) is 8.01. The van der Waals surface area contributed by atoms with Crippen molar-refractivity contribution in [3.05, 3.63) is 72.1 Å². The highest BCUT2D eigenvalue weighted by Gasteiger charge is 2.20. The molecule has 0 saturated carbocycles. The molecule has 3 aromatic rings. The van der Waals surface area contributed by atoms with E-state index in [0.717, 1.165) is 34.6 Å². The summed E-state index contributed by atoms with van der Waals surface area (Å²) in [5, 5.41) is 0. The Morgan fingerprint density at radius 3 is 2.70 bits per heavy atom. The van der Waals surface area contributed by atoms with E-state index in [9.17, 15) is 4.79 Å². The van der Waals surface area contributed by atoms with Crippen LogP contribution in [0.4, 0.5) is 0 Å². The first-order chi connectivity index (χ1) is 14.4. The Morgan fingerprint density at radius 1 is 1.27 bits per heavy atom. The minimum Gasteiger partial charge on any atom is -0.496 e. The minimum atomic E-state index is 0.0126. The van der Waals surface area contributed by atoms with Gasteiger partial charge in [0.2, 0.25) is 0 Å². The number of para-hydroxylation sites is 2. The van der Waals surface area contributed by atoms with Crippen LogP contribution >= 0.6 is 0 Å². The van der Waals surface area contributed by atoms with Gasteiger partial charge in [-0.2, -0.15) is 0 Å². The van der Waals surface area contributed by atoms with E-state index in [2.05, 4.69) is 31.1 Å². The molecular weight excluding hydrogens is 374 g/mol. The summed E-state index contributed by atoms with van der Waals surface area (Å²) in [6.45, 7) is 12.0. The van der Waals surface area contributed by atoms with Crippen molar-refractivity contribution in [1.82, 2.24) is 14.5 Å². The van der Waals surface area contributed by atoms with Gasteiger partial charge in [-0.1, -0.05) is 32.1 Å². The Hall–Kier alpha value is -3.08. The number of fused-ring (bicyclic) bond motifs is 1. The molecular formula is C25H31N3O2. The van der Waals surface area contributed by atoms with Crippen molar-refractivity contribution < 1.29 is 9.53 Å². The van der Waals surface area contributed by atoms with Crippen LogP contribution in [0.2, 0.25) is 0 Å². The highest BCUT2D eigenvalue weighted by Crippen LogP contribution is 2.22. The van der Waals surface area contributed by atoms with Crippen LogP contribution < -0.4 is 4.74 Å². The summed E-state index contributed by atoms with van der Waals surface area (Å²) < 4.78 is 7.48. The van der Waals surface area contributed by atoms with Gasteiger partial charge in [0.1, 0.15) is 11.6 Å². The third kappa shape index (κ3) is 4.73. The number of aryl methyl sites for hydroxylation is 1. The van der Waals surface area contributed by atoms with E-state index in [1.165, 1.54) is 0 Å². The lowest BCUT2D eigenvalue weighted by Crippen LogP contribution is -2.33. The maximum absolute atomic E-state index is 13.4. The molecule has 0 atom stereocenters. The molecule has 30 heavy (non-hydrogen) atoms. The summed E-state index contributed by atoms with van der Waals surface area (Å²) in [4.78, 5) is 20.2. The van der Waals surface area contributed by atoms with Gasteiger partial charge in [-0.15, -0.1) is 6.58 Å². The number of carbonyl (C=O) groups excluding carboxylic acids is 1. The minimum absolute atomic E-state index is 0.0126. The normalized spacial score (nSPS) is 11.1. The first-order valence-electron chi connectivity index (χ1n) is 10.4. The molecule has 3 rings (SSSR count). The zero-order valence-corrected chi connectivity index (χ0v) is 18.4. The van der Waals surface area contributed by atoms with Crippen molar-refractivity contribution in [3.63, 3.8) is 0 Å². The third-order valence-electron chi connectivity index (χ3n) is 5.28. The lowest BCUT2D eigenvalue weighted by Gasteiger charge is -2.24. The number of amides is 1. The van der Waals surface area contributed by atoms with Crippen molar-refractivity contribution in [3.8, 4) is 5.75 Å². The third-order valence-corrected chi connectivity index (χ3v) is 5.28. The van der Waals surface area contributed by atoms with Crippen LogP contribution in [0, 0.1) is 12.8 Å². The number of hydrogen-bond donors (Lipinski definition) is 0. The van der Waals surface area contributed by atoms with E-state index < -0.39 is 0 Å². The predicted molar refractivity (Wildman–Crippen MR) is 122 cm³/mol. The van der Waals surface area contributed by atoms with Gasteiger partial charge in [0.25, 0.3) is 5.91 Å². The molecule has 2 aromatic carbocycles. The number of rotatable bonds is 9. The van der Waals surface area contributed by atoms with Crippen LogP contribution in [0.3, 0.4) is 0 Å². The number of hydrogen-bond acceptors (Lipinski definition) is 3. The second kappa shape index (κ2) is 9.61. The topological polar surface area (TPSA) is 47.4 Å². The fourth-order valence-corrected chi connectivity index (χ4v) is 3.61. The van der Waals surface area contributed by atoms with Crippen LogP contribution in [0.15, 0.2) is 55.1 Å². The van der Waals surface area contributed by atoms with Crippen LogP contribution in [0.1, 0.15) is 42.0 Å². The number of methoxy groups -OCH3 is 1. The molecule has 1 amide bonds. The Labute approximate surface area is 179 Å². The maximum atomic E-state index is 13.4. The smallest absolute Gasteiger partial charge is 0.254 e. The molecule has 0 bridgehead atoms. The van der Waals surface area contributed by atoms with Crippen LogP contribution in [0.5, 0.6) is 5.75 Å². The highest BCUT2D eigenvalue weighted by molar-refractivity contribution is 5.94. The van der Waals surface area contributed by atoms with Gasteiger partial charge in [-0.25, -0.2) is 4.98 Å². The molecule has 0 unspecified atom stereocenters. The molecule has 0 radical (unpaired) electrons. The average Bonchev–Trinajstić information content (AvgIpc) is 3.08. The molecule has 0 saturated heterocycles. The van der Waals surface area contributed by atoms with Gasteiger partial charge in [0.15, 0.2) is 0 Å². The summed E-state index contributed by atoms with van der Waals surface area (Å²) >= 11 is 0. The number of allylic oxidation sites excluding steroid dienone is 1. The number of benzene rings is 2. The summed E-state index contributed by atoms with van der Waals surface area (Å²) in [6.07, 6.45) is 2.80. The van der Waals surface area contributed by atoms with Crippen LogP contribution in [-0.2, 0) is 13.1 Å². The molecule has 0 aliphatic heterocycles. The standard InChI is InChI=1S/C25H31N3O2/c1-6-14-28-22-10-8-7-9-21(22)26-24(28)17-27(15-13-18(2)3)25(29)20-11-12-23(30-5)19(4)16-20/h6-12,16,18H,1,13-15,17H2,2-5H3. The number of aromatic nitrogens is 2. The monoisotopic (exact) mass is 405 g/mol. The van der Waals surface area contributed by atoms with Crippen LogP contribution in [-0.4, -0.2) is 34.0 Å². The second-order valence-corrected chi connectivity index (χ2v) is 8.01. The fourth-order valence-electron chi connectivity index (χ4n) is 3.61.